The summed E-state index contributed by atoms with van der Waals surface area (Å²) in [6.07, 6.45) is 9.44. The van der Waals surface area contributed by atoms with Gasteiger partial charge in [-0.3, -0.25) is 4.79 Å². The molecule has 0 spiro atoms. The van der Waals surface area contributed by atoms with E-state index in [1.165, 1.54) is 0 Å². The van der Waals surface area contributed by atoms with Crippen molar-refractivity contribution in [2.75, 3.05) is 18.0 Å². The maximum absolute atomic E-state index is 12.5. The van der Waals surface area contributed by atoms with E-state index < -0.39 is 0 Å². The average Bonchev–Trinajstić information content (AvgIpc) is 3.33. The first-order chi connectivity index (χ1) is 12.3. The van der Waals surface area contributed by atoms with Crippen LogP contribution >= 0.6 is 0 Å². The largest absolute Gasteiger partial charge is 0.355 e. The number of aromatic nitrogens is 4. The van der Waals surface area contributed by atoms with Gasteiger partial charge in [0, 0.05) is 30.7 Å². The van der Waals surface area contributed by atoms with Crippen molar-refractivity contribution in [3.63, 3.8) is 0 Å². The molecule has 2 fully saturated rings. The number of H-pyrrole nitrogens is 1. The minimum absolute atomic E-state index is 0.0305. The summed E-state index contributed by atoms with van der Waals surface area (Å²) in [6, 6.07) is 2.42. The third-order valence-corrected chi connectivity index (χ3v) is 5.18. The summed E-state index contributed by atoms with van der Waals surface area (Å²) in [6.45, 7) is 1.62. The standard InChI is InChI=1S/C18H20N6O/c25-18(23-12-3-4-12)11-2-1-7-24(9-11)17-15-13-5-6-19-16(13)20-8-14(15)21-10-22-17/h5-6,8,10-12H,1-4,7,9H2,(H,19,20)(H,23,25). The molecule has 1 saturated heterocycles. The Kier molecular flexibility index (Phi) is 3.33. The Morgan fingerprint density at radius 3 is 3.04 bits per heavy atom. The second-order valence-corrected chi connectivity index (χ2v) is 7.02. The maximum atomic E-state index is 12.5. The number of pyridine rings is 1. The Hall–Kier alpha value is -2.70. The Balaban J connectivity index is 1.51. The van der Waals surface area contributed by atoms with Crippen LogP contribution in [-0.4, -0.2) is 45.0 Å². The summed E-state index contributed by atoms with van der Waals surface area (Å²) >= 11 is 0. The van der Waals surface area contributed by atoms with Crippen molar-refractivity contribution in [2.24, 2.45) is 5.92 Å². The predicted molar refractivity (Wildman–Crippen MR) is 95.3 cm³/mol. The van der Waals surface area contributed by atoms with Crippen LogP contribution in [0.3, 0.4) is 0 Å². The molecule has 1 aliphatic carbocycles. The van der Waals surface area contributed by atoms with Gasteiger partial charge in [0.25, 0.3) is 0 Å². The molecule has 0 bridgehead atoms. The van der Waals surface area contributed by atoms with E-state index >= 15 is 0 Å². The number of rotatable bonds is 3. The molecule has 3 aromatic heterocycles. The topological polar surface area (TPSA) is 86.8 Å². The number of fused-ring (bicyclic) bond motifs is 3. The molecule has 1 saturated carbocycles. The molecule has 7 nitrogen and oxygen atoms in total. The molecule has 2 N–H and O–H groups in total. The monoisotopic (exact) mass is 336 g/mol. The van der Waals surface area contributed by atoms with Crippen LogP contribution in [0.25, 0.3) is 21.9 Å². The number of piperidine rings is 1. The SMILES string of the molecule is O=C(NC1CC1)C1CCCN(c2ncnc3cnc4[nH]ccc4c23)C1. The number of aromatic amines is 1. The lowest BCUT2D eigenvalue weighted by atomic mass is 9.96. The summed E-state index contributed by atoms with van der Waals surface area (Å²) in [5, 5.41) is 5.18. The van der Waals surface area contributed by atoms with E-state index in [4.69, 9.17) is 0 Å². The van der Waals surface area contributed by atoms with Gasteiger partial charge in [0.1, 0.15) is 17.8 Å². The van der Waals surface area contributed by atoms with Crippen molar-refractivity contribution in [2.45, 2.75) is 31.7 Å². The predicted octanol–water partition coefficient (Wildman–Crippen LogP) is 2.00. The number of carbonyl (C=O) groups excluding carboxylic acids is 1. The van der Waals surface area contributed by atoms with Crippen molar-refractivity contribution in [1.29, 1.82) is 0 Å². The molecule has 4 heterocycles. The van der Waals surface area contributed by atoms with Crippen LogP contribution in [0.4, 0.5) is 5.82 Å². The Morgan fingerprint density at radius 1 is 1.24 bits per heavy atom. The van der Waals surface area contributed by atoms with Gasteiger partial charge in [-0.15, -0.1) is 0 Å². The molecule has 1 amide bonds. The molecule has 7 heteroatoms. The molecular weight excluding hydrogens is 316 g/mol. The lowest BCUT2D eigenvalue weighted by Gasteiger charge is -2.33. The highest BCUT2D eigenvalue weighted by Crippen LogP contribution is 2.32. The van der Waals surface area contributed by atoms with Crippen LogP contribution in [0.2, 0.25) is 0 Å². The number of nitrogens with zero attached hydrogens (tertiary/aromatic N) is 4. The van der Waals surface area contributed by atoms with Gasteiger partial charge >= 0.3 is 0 Å². The van der Waals surface area contributed by atoms with Gasteiger partial charge in [0.15, 0.2) is 0 Å². The zero-order valence-electron chi connectivity index (χ0n) is 13.9. The van der Waals surface area contributed by atoms with E-state index in [1.54, 1.807) is 12.5 Å². The second kappa shape index (κ2) is 5.68. The number of hydrogen-bond acceptors (Lipinski definition) is 5. The minimum Gasteiger partial charge on any atom is -0.355 e. The van der Waals surface area contributed by atoms with Gasteiger partial charge in [-0.2, -0.15) is 0 Å². The zero-order valence-corrected chi connectivity index (χ0v) is 13.9. The first-order valence-corrected chi connectivity index (χ1v) is 8.92. The molecule has 3 aromatic rings. The van der Waals surface area contributed by atoms with Crippen molar-refractivity contribution in [3.8, 4) is 0 Å². The van der Waals surface area contributed by atoms with E-state index in [2.05, 4.69) is 30.2 Å². The first kappa shape index (κ1) is 14.6. The van der Waals surface area contributed by atoms with Crippen molar-refractivity contribution in [3.05, 3.63) is 24.8 Å². The molecule has 128 valence electrons. The lowest BCUT2D eigenvalue weighted by molar-refractivity contribution is -0.125. The van der Waals surface area contributed by atoms with Gasteiger partial charge in [-0.1, -0.05) is 0 Å². The summed E-state index contributed by atoms with van der Waals surface area (Å²) in [5.41, 5.74) is 1.67. The van der Waals surface area contributed by atoms with Crippen molar-refractivity contribution < 1.29 is 4.79 Å². The quantitative estimate of drug-likeness (QED) is 0.764. The molecule has 5 rings (SSSR count). The Morgan fingerprint density at radius 2 is 2.16 bits per heavy atom. The van der Waals surface area contributed by atoms with Crippen LogP contribution in [0.1, 0.15) is 25.7 Å². The fourth-order valence-corrected chi connectivity index (χ4v) is 3.71. The minimum atomic E-state index is 0.0305. The number of nitrogens with one attached hydrogen (secondary N) is 2. The summed E-state index contributed by atoms with van der Waals surface area (Å²) in [7, 11) is 0. The van der Waals surface area contributed by atoms with Crippen LogP contribution in [0, 0.1) is 5.92 Å². The van der Waals surface area contributed by atoms with Crippen LogP contribution in [0.5, 0.6) is 0 Å². The normalized spacial score (nSPS) is 21.0. The fourth-order valence-electron chi connectivity index (χ4n) is 3.71. The van der Waals surface area contributed by atoms with E-state index in [0.29, 0.717) is 12.6 Å². The van der Waals surface area contributed by atoms with Gasteiger partial charge in [-0.05, 0) is 31.7 Å². The number of anilines is 1. The molecule has 1 atom stereocenters. The Bertz CT molecular complexity index is 947. The van der Waals surface area contributed by atoms with E-state index in [0.717, 1.165) is 60.0 Å². The molecule has 1 aliphatic heterocycles. The van der Waals surface area contributed by atoms with E-state index in [-0.39, 0.29) is 11.8 Å². The van der Waals surface area contributed by atoms with Crippen LogP contribution < -0.4 is 10.2 Å². The number of amides is 1. The highest BCUT2D eigenvalue weighted by atomic mass is 16.2. The fraction of sp³-hybridized carbons (Fsp3) is 0.444. The third-order valence-electron chi connectivity index (χ3n) is 5.18. The Labute approximate surface area is 144 Å². The lowest BCUT2D eigenvalue weighted by Crippen LogP contribution is -2.44. The molecule has 2 aliphatic rings. The smallest absolute Gasteiger partial charge is 0.225 e. The summed E-state index contributed by atoms with van der Waals surface area (Å²) in [5.74, 6) is 1.13. The third kappa shape index (κ3) is 2.59. The van der Waals surface area contributed by atoms with Crippen LogP contribution in [0.15, 0.2) is 24.8 Å². The van der Waals surface area contributed by atoms with Gasteiger partial charge < -0.3 is 15.2 Å². The van der Waals surface area contributed by atoms with Gasteiger partial charge in [-0.25, -0.2) is 15.0 Å². The van der Waals surface area contributed by atoms with E-state index in [9.17, 15) is 4.79 Å². The van der Waals surface area contributed by atoms with Gasteiger partial charge in [0.05, 0.1) is 23.0 Å². The molecule has 0 radical (unpaired) electrons. The van der Waals surface area contributed by atoms with Gasteiger partial charge in [0.2, 0.25) is 5.91 Å². The van der Waals surface area contributed by atoms with Crippen molar-refractivity contribution in [1.82, 2.24) is 25.3 Å². The second-order valence-electron chi connectivity index (χ2n) is 7.02. The highest BCUT2D eigenvalue weighted by Gasteiger charge is 2.31. The van der Waals surface area contributed by atoms with Crippen molar-refractivity contribution >= 4 is 33.7 Å². The maximum Gasteiger partial charge on any atom is 0.225 e. The summed E-state index contributed by atoms with van der Waals surface area (Å²) in [4.78, 5) is 31.2. The molecule has 25 heavy (non-hydrogen) atoms. The number of carbonyl (C=O) groups is 1. The molecule has 1 unspecified atom stereocenters. The summed E-state index contributed by atoms with van der Waals surface area (Å²) < 4.78 is 0. The zero-order chi connectivity index (χ0) is 16.8. The highest BCUT2D eigenvalue weighted by molar-refractivity contribution is 6.08. The average molecular weight is 336 g/mol. The molecule has 0 aromatic carbocycles. The first-order valence-electron chi connectivity index (χ1n) is 8.92. The number of hydrogen-bond donors (Lipinski definition) is 2. The van der Waals surface area contributed by atoms with Crippen LogP contribution in [-0.2, 0) is 4.79 Å². The van der Waals surface area contributed by atoms with E-state index in [1.807, 2.05) is 12.3 Å². The molecular formula is C18H20N6O.